The van der Waals surface area contributed by atoms with Crippen LogP contribution < -0.4 is 10.6 Å². The molecule has 2 fully saturated rings. The number of likely N-dealkylation sites (N-methyl/N-ethyl adjacent to an activating group) is 2. The van der Waals surface area contributed by atoms with Crippen LogP contribution in [0, 0.1) is 0 Å². The number of guanidine groups is 1. The van der Waals surface area contributed by atoms with Gasteiger partial charge in [-0.25, -0.2) is 4.99 Å². The van der Waals surface area contributed by atoms with Crippen molar-refractivity contribution in [2.24, 2.45) is 4.99 Å². The summed E-state index contributed by atoms with van der Waals surface area (Å²) < 4.78 is 0. The lowest BCUT2D eigenvalue weighted by Crippen LogP contribution is -2.53. The summed E-state index contributed by atoms with van der Waals surface area (Å²) >= 11 is 0. The predicted molar refractivity (Wildman–Crippen MR) is 90.2 cm³/mol. The van der Waals surface area contributed by atoms with E-state index < -0.39 is 0 Å². The summed E-state index contributed by atoms with van der Waals surface area (Å²) in [5, 5.41) is 6.85. The minimum atomic E-state index is -0.0199. The number of likely N-dealkylation sites (tertiary alicyclic amines) is 1. The quantitative estimate of drug-likeness (QED) is 0.571. The Morgan fingerprint density at radius 3 is 2.48 bits per heavy atom. The Labute approximate surface area is 138 Å². The topological polar surface area (TPSA) is 77.0 Å². The number of nitrogens with zero attached hydrogens (tertiary/aromatic N) is 3. The van der Waals surface area contributed by atoms with Crippen molar-refractivity contribution in [3.63, 3.8) is 0 Å². The van der Waals surface area contributed by atoms with Gasteiger partial charge in [0.15, 0.2) is 5.96 Å². The molecule has 2 N–H and O–H groups in total. The second-order valence-corrected chi connectivity index (χ2v) is 6.73. The maximum Gasteiger partial charge on any atom is 0.243 e. The molecule has 2 amide bonds. The van der Waals surface area contributed by atoms with Gasteiger partial charge < -0.3 is 20.4 Å². The third kappa shape index (κ3) is 5.41. The molecule has 2 rings (SSSR count). The molecule has 0 aromatic heterocycles. The lowest BCUT2D eigenvalue weighted by atomic mass is 10.1. The molecule has 0 spiro atoms. The smallest absolute Gasteiger partial charge is 0.243 e. The van der Waals surface area contributed by atoms with Gasteiger partial charge in [-0.2, -0.15) is 0 Å². The van der Waals surface area contributed by atoms with Gasteiger partial charge in [-0.3, -0.25) is 9.59 Å². The highest BCUT2D eigenvalue weighted by atomic mass is 16.2. The van der Waals surface area contributed by atoms with Crippen LogP contribution >= 0.6 is 0 Å². The zero-order chi connectivity index (χ0) is 16.8. The highest BCUT2D eigenvalue weighted by Gasteiger charge is 2.24. The van der Waals surface area contributed by atoms with Crippen LogP contribution in [-0.2, 0) is 9.59 Å². The van der Waals surface area contributed by atoms with E-state index in [9.17, 15) is 9.59 Å². The van der Waals surface area contributed by atoms with Crippen molar-refractivity contribution < 1.29 is 9.59 Å². The van der Waals surface area contributed by atoms with Crippen LogP contribution in [0.5, 0.6) is 0 Å². The van der Waals surface area contributed by atoms with Crippen molar-refractivity contribution >= 4 is 17.8 Å². The highest BCUT2D eigenvalue weighted by Crippen LogP contribution is 2.17. The van der Waals surface area contributed by atoms with Gasteiger partial charge in [0.1, 0.15) is 6.54 Å². The first-order chi connectivity index (χ1) is 11.0. The molecule has 23 heavy (non-hydrogen) atoms. The lowest BCUT2D eigenvalue weighted by molar-refractivity contribution is -0.132. The molecule has 1 aliphatic heterocycles. The van der Waals surface area contributed by atoms with Crippen LogP contribution in [0.1, 0.15) is 38.5 Å². The number of aliphatic imine (C=N–C) groups is 1. The molecule has 0 bridgehead atoms. The number of hydrogen-bond acceptors (Lipinski definition) is 3. The minimum Gasteiger partial charge on any atom is -0.354 e. The second kappa shape index (κ2) is 8.17. The first-order valence-corrected chi connectivity index (χ1v) is 8.47. The Balaban J connectivity index is 1.95. The van der Waals surface area contributed by atoms with Crippen LogP contribution in [0.2, 0.25) is 0 Å². The van der Waals surface area contributed by atoms with Gasteiger partial charge >= 0.3 is 0 Å². The van der Waals surface area contributed by atoms with Crippen molar-refractivity contribution in [2.75, 3.05) is 34.2 Å². The van der Waals surface area contributed by atoms with Crippen molar-refractivity contribution in [3.8, 4) is 0 Å². The summed E-state index contributed by atoms with van der Waals surface area (Å²) in [6.45, 7) is 0.808. The minimum absolute atomic E-state index is 0.0199. The van der Waals surface area contributed by atoms with Gasteiger partial charge in [0.05, 0.1) is 0 Å². The van der Waals surface area contributed by atoms with Crippen molar-refractivity contribution in [3.05, 3.63) is 0 Å². The fourth-order valence-corrected chi connectivity index (χ4v) is 3.01. The molecule has 7 nitrogen and oxygen atoms in total. The van der Waals surface area contributed by atoms with Gasteiger partial charge in [-0.1, -0.05) is 12.8 Å². The normalized spacial score (nSPS) is 23.1. The average Bonchev–Trinajstić information content (AvgIpc) is 3.01. The number of carbonyl (C=O) groups is 2. The molecule has 0 aromatic carbocycles. The lowest BCUT2D eigenvalue weighted by Gasteiger charge is -2.31. The zero-order valence-electron chi connectivity index (χ0n) is 14.5. The molecule has 0 radical (unpaired) electrons. The largest absolute Gasteiger partial charge is 0.354 e. The Morgan fingerprint density at radius 2 is 1.87 bits per heavy atom. The van der Waals surface area contributed by atoms with Crippen LogP contribution in [-0.4, -0.2) is 73.9 Å². The SMILES string of the molecule is CN(C)C(=O)CN=C(NC1CCCC1)NC1CCC(=O)N(C)C1. The van der Waals surface area contributed by atoms with E-state index in [1.54, 1.807) is 23.9 Å². The van der Waals surface area contributed by atoms with E-state index in [0.717, 1.165) is 19.3 Å². The van der Waals surface area contributed by atoms with E-state index in [1.807, 2.05) is 7.05 Å². The molecule has 1 saturated heterocycles. The zero-order valence-corrected chi connectivity index (χ0v) is 14.5. The van der Waals surface area contributed by atoms with Gasteiger partial charge in [0.2, 0.25) is 11.8 Å². The molecule has 1 heterocycles. The molecule has 1 saturated carbocycles. The maximum atomic E-state index is 11.8. The average molecular weight is 323 g/mol. The van der Waals surface area contributed by atoms with Crippen LogP contribution in [0.3, 0.4) is 0 Å². The number of amides is 2. The first-order valence-electron chi connectivity index (χ1n) is 8.47. The standard InChI is InChI=1S/C16H29N5O2/c1-20(2)15(23)10-17-16(18-12-6-4-5-7-12)19-13-8-9-14(22)21(3)11-13/h12-13H,4-11H2,1-3H3,(H2,17,18,19). The first kappa shape index (κ1) is 17.6. The molecule has 130 valence electrons. The van der Waals surface area contributed by atoms with Crippen molar-refractivity contribution in [1.82, 2.24) is 20.4 Å². The summed E-state index contributed by atoms with van der Waals surface area (Å²) in [5.74, 6) is 0.862. The number of carbonyl (C=O) groups excluding carboxylic acids is 2. The van der Waals surface area contributed by atoms with E-state index in [2.05, 4.69) is 15.6 Å². The third-order valence-electron chi connectivity index (χ3n) is 4.53. The van der Waals surface area contributed by atoms with Gasteiger partial charge in [0, 0.05) is 46.2 Å². The van der Waals surface area contributed by atoms with Crippen LogP contribution in [0.4, 0.5) is 0 Å². The Hall–Kier alpha value is -1.79. The maximum absolute atomic E-state index is 11.8. The Morgan fingerprint density at radius 1 is 1.22 bits per heavy atom. The van der Waals surface area contributed by atoms with E-state index in [0.29, 0.717) is 25.0 Å². The van der Waals surface area contributed by atoms with Gasteiger partial charge in [-0.05, 0) is 19.3 Å². The van der Waals surface area contributed by atoms with E-state index in [1.165, 1.54) is 12.8 Å². The molecule has 7 heteroatoms. The molecule has 1 unspecified atom stereocenters. The molecule has 1 aliphatic carbocycles. The Bertz CT molecular complexity index is 457. The third-order valence-corrected chi connectivity index (χ3v) is 4.53. The van der Waals surface area contributed by atoms with Crippen LogP contribution in [0.25, 0.3) is 0 Å². The van der Waals surface area contributed by atoms with Gasteiger partial charge in [0.25, 0.3) is 0 Å². The number of piperidine rings is 1. The highest BCUT2D eigenvalue weighted by molar-refractivity contribution is 5.85. The monoisotopic (exact) mass is 323 g/mol. The fourth-order valence-electron chi connectivity index (χ4n) is 3.01. The van der Waals surface area contributed by atoms with Crippen molar-refractivity contribution in [1.29, 1.82) is 0 Å². The predicted octanol–water partition coefficient (Wildman–Crippen LogP) is 0.173. The van der Waals surface area contributed by atoms with Gasteiger partial charge in [-0.15, -0.1) is 0 Å². The molecule has 2 aliphatic rings. The summed E-state index contributed by atoms with van der Waals surface area (Å²) in [7, 11) is 5.29. The summed E-state index contributed by atoms with van der Waals surface area (Å²) in [5.41, 5.74) is 0. The van der Waals surface area contributed by atoms with Crippen molar-refractivity contribution in [2.45, 2.75) is 50.6 Å². The molecule has 0 aromatic rings. The summed E-state index contributed by atoms with van der Waals surface area (Å²) in [4.78, 5) is 31.1. The van der Waals surface area contributed by atoms with Crippen LogP contribution in [0.15, 0.2) is 4.99 Å². The number of rotatable bonds is 4. The summed E-state index contributed by atoms with van der Waals surface area (Å²) in [6, 6.07) is 0.610. The number of hydrogen-bond donors (Lipinski definition) is 2. The molecular formula is C16H29N5O2. The molecule has 1 atom stereocenters. The van der Waals surface area contributed by atoms with E-state index in [4.69, 9.17) is 0 Å². The summed E-state index contributed by atoms with van der Waals surface area (Å²) in [6.07, 6.45) is 6.12. The second-order valence-electron chi connectivity index (χ2n) is 6.73. The molecular weight excluding hydrogens is 294 g/mol. The van der Waals surface area contributed by atoms with E-state index in [-0.39, 0.29) is 24.4 Å². The van der Waals surface area contributed by atoms with E-state index >= 15 is 0 Å². The number of nitrogens with one attached hydrogen (secondary N) is 2. The fraction of sp³-hybridized carbons (Fsp3) is 0.812. The Kier molecular flexibility index (Phi) is 6.24.